The molecule has 0 aromatic heterocycles. The van der Waals surface area contributed by atoms with Crippen LogP contribution in [0.5, 0.6) is 0 Å². The third kappa shape index (κ3) is 2.04. The van der Waals surface area contributed by atoms with Crippen LogP contribution >= 0.6 is 0 Å². The monoisotopic (exact) mass is 259 g/mol. The van der Waals surface area contributed by atoms with Crippen molar-refractivity contribution in [1.82, 2.24) is 0 Å². The van der Waals surface area contributed by atoms with Crippen molar-refractivity contribution in [2.24, 2.45) is 0 Å². The molecular weight excluding hydrogens is 242 g/mol. The number of fused-ring (bicyclic) bond motifs is 2. The number of nitriles is 1. The molecule has 0 unspecified atom stereocenters. The Hall–Kier alpha value is -2.33. The molecule has 1 aliphatic rings. The van der Waals surface area contributed by atoms with E-state index in [9.17, 15) is 5.26 Å². The quantitative estimate of drug-likeness (QED) is 0.691. The van der Waals surface area contributed by atoms with Crippen LogP contribution in [0.25, 0.3) is 5.57 Å². The van der Waals surface area contributed by atoms with E-state index in [2.05, 4.69) is 61.5 Å². The summed E-state index contributed by atoms with van der Waals surface area (Å²) in [6, 6.07) is 19.4. The molecule has 0 saturated carbocycles. The van der Waals surface area contributed by atoms with Crippen LogP contribution in [0.1, 0.15) is 35.6 Å². The van der Waals surface area contributed by atoms with Gasteiger partial charge in [0.25, 0.3) is 0 Å². The molecule has 0 radical (unpaired) electrons. The average Bonchev–Trinajstić information content (AvgIpc) is 2.67. The van der Waals surface area contributed by atoms with Gasteiger partial charge >= 0.3 is 0 Å². The van der Waals surface area contributed by atoms with E-state index in [0.29, 0.717) is 0 Å². The third-order valence-electron chi connectivity index (χ3n) is 4.03. The van der Waals surface area contributed by atoms with E-state index < -0.39 is 0 Å². The fraction of sp³-hybridized carbons (Fsp3) is 0.211. The number of allylic oxidation sites excluding steroid dienone is 1. The lowest BCUT2D eigenvalue weighted by Crippen LogP contribution is -1.96. The number of benzene rings is 2. The van der Waals surface area contributed by atoms with Gasteiger partial charge in [-0.2, -0.15) is 5.26 Å². The van der Waals surface area contributed by atoms with Crippen molar-refractivity contribution < 1.29 is 0 Å². The number of rotatable bonds is 1. The minimum absolute atomic E-state index is 0.772. The van der Waals surface area contributed by atoms with E-state index in [1.807, 2.05) is 0 Å². The van der Waals surface area contributed by atoms with E-state index in [1.165, 1.54) is 22.3 Å². The number of aryl methyl sites for hydroxylation is 2. The minimum atomic E-state index is 0.772. The van der Waals surface area contributed by atoms with Gasteiger partial charge in [0, 0.05) is 11.1 Å². The van der Waals surface area contributed by atoms with Crippen LogP contribution in [0, 0.1) is 11.3 Å². The molecule has 0 fully saturated rings. The predicted molar refractivity (Wildman–Crippen MR) is 82.2 cm³/mol. The van der Waals surface area contributed by atoms with Crippen molar-refractivity contribution in [2.45, 2.75) is 26.2 Å². The zero-order valence-corrected chi connectivity index (χ0v) is 11.7. The van der Waals surface area contributed by atoms with Gasteiger partial charge in [-0.15, -0.1) is 0 Å². The smallest absolute Gasteiger partial charge is 0.0953 e. The second kappa shape index (κ2) is 5.35. The highest BCUT2D eigenvalue weighted by Crippen LogP contribution is 2.36. The van der Waals surface area contributed by atoms with Crippen LogP contribution < -0.4 is 0 Å². The summed E-state index contributed by atoms with van der Waals surface area (Å²) in [6.45, 7) is 2.06. The summed E-state index contributed by atoms with van der Waals surface area (Å²) in [4.78, 5) is 0. The van der Waals surface area contributed by atoms with Gasteiger partial charge in [0.15, 0.2) is 0 Å². The topological polar surface area (TPSA) is 23.8 Å². The van der Waals surface area contributed by atoms with Gasteiger partial charge < -0.3 is 0 Å². The SMILES string of the molecule is CCC(C#N)=C1c2ccccc2CCc2ccccc21. The van der Waals surface area contributed by atoms with Crippen LogP contribution in [0.2, 0.25) is 0 Å². The molecule has 98 valence electrons. The highest BCUT2D eigenvalue weighted by molar-refractivity contribution is 5.87. The zero-order valence-electron chi connectivity index (χ0n) is 11.7. The van der Waals surface area contributed by atoms with Crippen molar-refractivity contribution in [3.63, 3.8) is 0 Å². The van der Waals surface area contributed by atoms with E-state index >= 15 is 0 Å². The van der Waals surface area contributed by atoms with E-state index in [0.717, 1.165) is 30.4 Å². The fourth-order valence-electron chi connectivity index (χ4n) is 3.02. The van der Waals surface area contributed by atoms with Crippen LogP contribution in [-0.4, -0.2) is 0 Å². The molecule has 3 rings (SSSR count). The average molecular weight is 259 g/mol. The molecular formula is C19H17N. The highest BCUT2D eigenvalue weighted by atomic mass is 14.3. The van der Waals surface area contributed by atoms with Gasteiger partial charge in [-0.05, 0) is 41.5 Å². The Labute approximate surface area is 120 Å². The maximum atomic E-state index is 9.51. The maximum absolute atomic E-state index is 9.51. The first kappa shape index (κ1) is 12.7. The van der Waals surface area contributed by atoms with Gasteiger partial charge in [0.1, 0.15) is 0 Å². The standard InChI is InChI=1S/C19H17N/c1-2-14(13-20)19-17-9-5-3-7-15(17)11-12-16-8-4-6-10-18(16)19/h3-10H,2,11-12H2,1H3. The molecule has 20 heavy (non-hydrogen) atoms. The van der Waals surface area contributed by atoms with Gasteiger partial charge in [-0.25, -0.2) is 0 Å². The molecule has 1 heteroatoms. The zero-order chi connectivity index (χ0) is 13.9. The molecule has 0 heterocycles. The summed E-state index contributed by atoms with van der Waals surface area (Å²) < 4.78 is 0. The second-order valence-corrected chi connectivity index (χ2v) is 5.13. The molecule has 0 bridgehead atoms. The van der Waals surface area contributed by atoms with Gasteiger partial charge in [-0.1, -0.05) is 55.5 Å². The first-order valence-corrected chi connectivity index (χ1v) is 7.15. The Morgan fingerprint density at radius 2 is 1.45 bits per heavy atom. The largest absolute Gasteiger partial charge is 0.193 e. The number of nitrogens with zero attached hydrogens (tertiary/aromatic N) is 1. The molecule has 1 aliphatic carbocycles. The molecule has 0 spiro atoms. The molecule has 0 saturated heterocycles. The van der Waals surface area contributed by atoms with Crippen molar-refractivity contribution in [3.8, 4) is 6.07 Å². The second-order valence-electron chi connectivity index (χ2n) is 5.13. The molecule has 0 N–H and O–H groups in total. The van der Waals surface area contributed by atoms with Crippen molar-refractivity contribution in [3.05, 3.63) is 76.4 Å². The number of hydrogen-bond acceptors (Lipinski definition) is 1. The summed E-state index contributed by atoms with van der Waals surface area (Å²) in [5.74, 6) is 0. The van der Waals surface area contributed by atoms with Crippen molar-refractivity contribution in [1.29, 1.82) is 5.26 Å². The molecule has 0 atom stereocenters. The van der Waals surface area contributed by atoms with Crippen LogP contribution in [0.4, 0.5) is 0 Å². The lowest BCUT2D eigenvalue weighted by atomic mass is 9.89. The molecule has 0 aliphatic heterocycles. The third-order valence-corrected chi connectivity index (χ3v) is 4.03. The fourth-order valence-corrected chi connectivity index (χ4v) is 3.02. The lowest BCUT2D eigenvalue weighted by molar-refractivity contribution is 0.965. The van der Waals surface area contributed by atoms with Gasteiger partial charge in [-0.3, -0.25) is 0 Å². The Morgan fingerprint density at radius 3 is 1.90 bits per heavy atom. The van der Waals surface area contributed by atoms with Crippen LogP contribution in [0.15, 0.2) is 54.1 Å². The lowest BCUT2D eigenvalue weighted by Gasteiger charge is -2.13. The van der Waals surface area contributed by atoms with Gasteiger partial charge in [0.05, 0.1) is 6.07 Å². The van der Waals surface area contributed by atoms with E-state index in [1.54, 1.807) is 0 Å². The van der Waals surface area contributed by atoms with Crippen molar-refractivity contribution >= 4 is 5.57 Å². The first-order valence-electron chi connectivity index (χ1n) is 7.15. The van der Waals surface area contributed by atoms with E-state index in [-0.39, 0.29) is 0 Å². The Bertz CT molecular complexity index is 667. The molecule has 2 aromatic rings. The van der Waals surface area contributed by atoms with Crippen LogP contribution in [-0.2, 0) is 12.8 Å². The highest BCUT2D eigenvalue weighted by Gasteiger charge is 2.20. The molecule has 0 amide bonds. The molecule has 1 nitrogen and oxygen atoms in total. The van der Waals surface area contributed by atoms with E-state index in [4.69, 9.17) is 0 Å². The van der Waals surface area contributed by atoms with Crippen LogP contribution in [0.3, 0.4) is 0 Å². The Morgan fingerprint density at radius 1 is 0.950 bits per heavy atom. The minimum Gasteiger partial charge on any atom is -0.193 e. The Balaban J connectivity index is 2.37. The number of hydrogen-bond donors (Lipinski definition) is 0. The van der Waals surface area contributed by atoms with Crippen molar-refractivity contribution in [2.75, 3.05) is 0 Å². The summed E-state index contributed by atoms with van der Waals surface area (Å²) in [5, 5.41) is 9.51. The summed E-state index contributed by atoms with van der Waals surface area (Å²) >= 11 is 0. The molecule has 2 aromatic carbocycles. The summed E-state index contributed by atoms with van der Waals surface area (Å²) in [7, 11) is 0. The summed E-state index contributed by atoms with van der Waals surface area (Å²) in [5.41, 5.74) is 7.18. The maximum Gasteiger partial charge on any atom is 0.0953 e. The predicted octanol–water partition coefficient (Wildman–Crippen LogP) is 4.52. The van der Waals surface area contributed by atoms with Gasteiger partial charge in [0.2, 0.25) is 0 Å². The summed E-state index contributed by atoms with van der Waals surface area (Å²) in [6.07, 6.45) is 2.85. The Kier molecular flexibility index (Phi) is 3.39. The normalized spacial score (nSPS) is 12.9. The first-order chi connectivity index (χ1) is 9.85.